The van der Waals surface area contributed by atoms with Gasteiger partial charge in [0, 0.05) is 39.0 Å². The third-order valence-electron chi connectivity index (χ3n) is 12.2. The fourth-order valence-electron chi connectivity index (χ4n) is 9.62. The summed E-state index contributed by atoms with van der Waals surface area (Å²) in [4.78, 5) is 42.4. The van der Waals surface area contributed by atoms with Crippen molar-refractivity contribution in [2.24, 2.45) is 29.1 Å². The van der Waals surface area contributed by atoms with Crippen LogP contribution in [0.25, 0.3) is 0 Å². The molecular weight excluding hydrogens is 652 g/mol. The van der Waals surface area contributed by atoms with Crippen molar-refractivity contribution in [3.05, 3.63) is 24.3 Å². The molecule has 1 aliphatic heterocycles. The van der Waals surface area contributed by atoms with Gasteiger partial charge in [-0.2, -0.15) is 0 Å². The maximum absolute atomic E-state index is 12.8. The average molecular weight is 727 g/mol. The summed E-state index contributed by atoms with van der Waals surface area (Å²) in [7, 11) is 2.09. The van der Waals surface area contributed by atoms with E-state index in [-0.39, 0.29) is 50.2 Å². The van der Waals surface area contributed by atoms with Gasteiger partial charge in [0.25, 0.3) is 0 Å². The average Bonchev–Trinajstić information content (AvgIpc) is 3.11. The molecule has 8 heteroatoms. The standard InChI is InChI=1S/C44H74N2O6/c1-3-4-5-6-7-8-9-10-11-12-13-14-15-16-17-18-20-41(47)50-34-40(36-52-43(49)33-46-25-23-45(2)24-26-46)35-51-42(48)21-19-22-44-30-37-27-38(31-44)29-39(28-37)32-44/h7-8,10-11,37-40H,3-6,9,12-36H2,1-2H3/b8-7-,11-10-. The van der Waals surface area contributed by atoms with Gasteiger partial charge in [0.2, 0.25) is 0 Å². The summed E-state index contributed by atoms with van der Waals surface area (Å²) in [5.41, 5.74) is 0.464. The molecule has 0 aromatic carbocycles. The van der Waals surface area contributed by atoms with Crippen molar-refractivity contribution in [1.82, 2.24) is 9.80 Å². The van der Waals surface area contributed by atoms with Crippen LogP contribution in [0.15, 0.2) is 24.3 Å². The predicted molar refractivity (Wildman–Crippen MR) is 209 cm³/mol. The molecule has 0 spiro atoms. The summed E-state index contributed by atoms with van der Waals surface area (Å²) in [6.07, 6.45) is 34.2. The summed E-state index contributed by atoms with van der Waals surface area (Å²) in [5.74, 6) is 1.65. The number of esters is 3. The second-order valence-corrected chi connectivity index (χ2v) is 17.1. The van der Waals surface area contributed by atoms with E-state index < -0.39 is 0 Å². The SMILES string of the molecule is CCCCC/C=C\C/C=C\CCCCCCCCC(=O)OCC(COC(=O)CCCC12CC3CC(CC(C3)C1)C2)COC(=O)CN1CCN(C)CC1. The molecule has 4 aliphatic carbocycles. The van der Waals surface area contributed by atoms with Gasteiger partial charge in [-0.1, -0.05) is 69.8 Å². The van der Waals surface area contributed by atoms with Gasteiger partial charge in [-0.25, -0.2) is 0 Å². The zero-order valence-corrected chi connectivity index (χ0v) is 33.2. The lowest BCUT2D eigenvalue weighted by molar-refractivity contribution is -0.154. The monoisotopic (exact) mass is 727 g/mol. The summed E-state index contributed by atoms with van der Waals surface area (Å²) < 4.78 is 17.0. The highest BCUT2D eigenvalue weighted by Gasteiger charge is 2.50. The van der Waals surface area contributed by atoms with E-state index in [0.717, 1.165) is 88.9 Å². The van der Waals surface area contributed by atoms with Crippen LogP contribution in [-0.2, 0) is 28.6 Å². The number of hydrogen-bond donors (Lipinski definition) is 0. The number of ether oxygens (including phenoxy) is 3. The van der Waals surface area contributed by atoms with Crippen LogP contribution in [0.5, 0.6) is 0 Å². The molecule has 296 valence electrons. The van der Waals surface area contributed by atoms with Crippen LogP contribution >= 0.6 is 0 Å². The highest BCUT2D eigenvalue weighted by atomic mass is 16.6. The summed E-state index contributed by atoms with van der Waals surface area (Å²) in [5, 5.41) is 0. The summed E-state index contributed by atoms with van der Waals surface area (Å²) in [6, 6.07) is 0. The molecule has 4 bridgehead atoms. The molecule has 0 amide bonds. The van der Waals surface area contributed by atoms with Gasteiger partial charge in [0.15, 0.2) is 0 Å². The van der Waals surface area contributed by atoms with Crippen molar-refractivity contribution in [1.29, 1.82) is 0 Å². The highest BCUT2D eigenvalue weighted by Crippen LogP contribution is 2.61. The third-order valence-corrected chi connectivity index (χ3v) is 12.2. The number of likely N-dealkylation sites (N-methyl/N-ethyl adjacent to an activating group) is 1. The first kappa shape index (κ1) is 42.6. The Labute approximate surface area is 316 Å². The third kappa shape index (κ3) is 16.9. The molecule has 5 rings (SSSR count). The molecule has 52 heavy (non-hydrogen) atoms. The zero-order valence-electron chi connectivity index (χ0n) is 33.2. The van der Waals surface area contributed by atoms with Crippen LogP contribution in [0.1, 0.15) is 148 Å². The quantitative estimate of drug-likeness (QED) is 0.0359. The van der Waals surface area contributed by atoms with Crippen LogP contribution in [0, 0.1) is 29.1 Å². The Bertz CT molecular complexity index is 1060. The van der Waals surface area contributed by atoms with Gasteiger partial charge < -0.3 is 19.1 Å². The number of carbonyl (C=O) groups excluding carboxylic acids is 3. The Hall–Kier alpha value is -2.19. The number of carbonyl (C=O) groups is 3. The maximum Gasteiger partial charge on any atom is 0.320 e. The summed E-state index contributed by atoms with van der Waals surface area (Å²) in [6.45, 7) is 6.28. The van der Waals surface area contributed by atoms with Gasteiger partial charge in [0.1, 0.15) is 19.8 Å². The van der Waals surface area contributed by atoms with E-state index in [1.165, 1.54) is 83.5 Å². The molecule has 4 saturated carbocycles. The molecule has 1 heterocycles. The number of piperazine rings is 1. The van der Waals surface area contributed by atoms with Crippen LogP contribution in [0.3, 0.4) is 0 Å². The van der Waals surface area contributed by atoms with Gasteiger partial charge in [-0.3, -0.25) is 19.3 Å². The molecule has 1 atom stereocenters. The Morgan fingerprint density at radius 1 is 0.635 bits per heavy atom. The van der Waals surface area contributed by atoms with Crippen molar-refractivity contribution in [3.63, 3.8) is 0 Å². The van der Waals surface area contributed by atoms with E-state index in [4.69, 9.17) is 14.2 Å². The Morgan fingerprint density at radius 2 is 1.13 bits per heavy atom. The molecule has 5 aliphatic rings. The van der Waals surface area contributed by atoms with Crippen molar-refractivity contribution >= 4 is 17.9 Å². The number of rotatable bonds is 27. The van der Waals surface area contributed by atoms with Gasteiger partial charge in [-0.05, 0) is 120 Å². The molecule has 1 unspecified atom stereocenters. The lowest BCUT2D eigenvalue weighted by atomic mass is 9.48. The molecule has 0 N–H and O–H groups in total. The smallest absolute Gasteiger partial charge is 0.320 e. The maximum atomic E-state index is 12.8. The highest BCUT2D eigenvalue weighted by molar-refractivity contribution is 5.72. The van der Waals surface area contributed by atoms with Crippen molar-refractivity contribution in [2.45, 2.75) is 148 Å². The second kappa shape index (κ2) is 24.3. The van der Waals surface area contributed by atoms with E-state index in [9.17, 15) is 14.4 Å². The Balaban J connectivity index is 1.07. The van der Waals surface area contributed by atoms with Crippen molar-refractivity contribution in [3.8, 4) is 0 Å². The number of nitrogens with zero attached hydrogens (tertiary/aromatic N) is 2. The van der Waals surface area contributed by atoms with Crippen LogP contribution in [0.4, 0.5) is 0 Å². The first-order chi connectivity index (χ1) is 25.3. The van der Waals surface area contributed by atoms with E-state index in [1.807, 2.05) is 0 Å². The first-order valence-corrected chi connectivity index (χ1v) is 21.5. The number of hydrogen-bond acceptors (Lipinski definition) is 8. The van der Waals surface area contributed by atoms with Gasteiger partial charge in [-0.15, -0.1) is 0 Å². The summed E-state index contributed by atoms with van der Waals surface area (Å²) >= 11 is 0. The fraction of sp³-hybridized carbons (Fsp3) is 0.841. The largest absolute Gasteiger partial charge is 0.465 e. The normalized spacial score (nSPS) is 25.2. The molecule has 0 aromatic heterocycles. The zero-order chi connectivity index (χ0) is 36.9. The van der Waals surface area contributed by atoms with E-state index >= 15 is 0 Å². The fourth-order valence-corrected chi connectivity index (χ4v) is 9.62. The molecular formula is C44H74N2O6. The van der Waals surface area contributed by atoms with Crippen molar-refractivity contribution in [2.75, 3.05) is 59.6 Å². The molecule has 1 saturated heterocycles. The topological polar surface area (TPSA) is 85.4 Å². The van der Waals surface area contributed by atoms with Gasteiger partial charge >= 0.3 is 17.9 Å². The predicted octanol–water partition coefficient (Wildman–Crippen LogP) is 9.07. The lowest BCUT2D eigenvalue weighted by Gasteiger charge is -2.57. The minimum Gasteiger partial charge on any atom is -0.465 e. The number of allylic oxidation sites excluding steroid dienone is 4. The van der Waals surface area contributed by atoms with Crippen LogP contribution in [-0.4, -0.2) is 87.3 Å². The van der Waals surface area contributed by atoms with Gasteiger partial charge in [0.05, 0.1) is 12.5 Å². The minimum atomic E-state index is -0.372. The minimum absolute atomic E-state index is 0.0748. The van der Waals surface area contributed by atoms with E-state index in [0.29, 0.717) is 18.3 Å². The van der Waals surface area contributed by atoms with Crippen LogP contribution < -0.4 is 0 Å². The van der Waals surface area contributed by atoms with Crippen LogP contribution in [0.2, 0.25) is 0 Å². The molecule has 0 aromatic rings. The molecule has 5 fully saturated rings. The lowest BCUT2D eigenvalue weighted by Crippen LogP contribution is -2.46. The Kier molecular flexibility index (Phi) is 19.9. The van der Waals surface area contributed by atoms with E-state index in [2.05, 4.69) is 48.1 Å². The second-order valence-electron chi connectivity index (χ2n) is 17.1. The number of unbranched alkanes of at least 4 members (excludes halogenated alkanes) is 9. The molecule has 8 nitrogen and oxygen atoms in total. The molecule has 0 radical (unpaired) electrons. The Morgan fingerprint density at radius 3 is 1.71 bits per heavy atom. The van der Waals surface area contributed by atoms with E-state index in [1.54, 1.807) is 0 Å². The first-order valence-electron chi connectivity index (χ1n) is 21.5. The van der Waals surface area contributed by atoms with Crippen molar-refractivity contribution < 1.29 is 28.6 Å².